The van der Waals surface area contributed by atoms with Crippen LogP contribution in [0.5, 0.6) is 0 Å². The Kier molecular flexibility index (Phi) is 4.38. The SMILES string of the molecule is CCc1ccc(N2C(=O)C[C@H](Nc3cccc(C)c3C)C2=O)cc1. The van der Waals surface area contributed by atoms with Gasteiger partial charge < -0.3 is 5.32 Å². The molecule has 0 unspecified atom stereocenters. The number of benzene rings is 2. The van der Waals surface area contributed by atoms with Gasteiger partial charge in [-0.05, 0) is 55.2 Å². The lowest BCUT2D eigenvalue weighted by Crippen LogP contribution is -2.34. The Morgan fingerprint density at radius 3 is 2.46 bits per heavy atom. The first-order valence-corrected chi connectivity index (χ1v) is 8.29. The van der Waals surface area contributed by atoms with E-state index in [0.717, 1.165) is 23.2 Å². The van der Waals surface area contributed by atoms with Crippen LogP contribution in [0.4, 0.5) is 11.4 Å². The number of amides is 2. The van der Waals surface area contributed by atoms with E-state index in [0.29, 0.717) is 5.69 Å². The van der Waals surface area contributed by atoms with E-state index in [1.54, 1.807) is 0 Å². The van der Waals surface area contributed by atoms with E-state index in [9.17, 15) is 9.59 Å². The zero-order chi connectivity index (χ0) is 17.3. The van der Waals surface area contributed by atoms with Crippen molar-refractivity contribution >= 4 is 23.2 Å². The molecule has 1 atom stereocenters. The predicted octanol–water partition coefficient (Wildman–Crippen LogP) is 3.61. The maximum atomic E-state index is 12.7. The molecule has 1 N–H and O–H groups in total. The molecule has 1 aliphatic heterocycles. The Labute approximate surface area is 142 Å². The van der Waals surface area contributed by atoms with E-state index >= 15 is 0 Å². The van der Waals surface area contributed by atoms with Crippen molar-refractivity contribution in [3.63, 3.8) is 0 Å². The summed E-state index contributed by atoms with van der Waals surface area (Å²) in [6.45, 7) is 6.12. The summed E-state index contributed by atoms with van der Waals surface area (Å²) < 4.78 is 0. The van der Waals surface area contributed by atoms with Crippen LogP contribution >= 0.6 is 0 Å². The maximum Gasteiger partial charge on any atom is 0.256 e. The lowest BCUT2D eigenvalue weighted by molar-refractivity contribution is -0.121. The van der Waals surface area contributed by atoms with Gasteiger partial charge in [0.2, 0.25) is 5.91 Å². The topological polar surface area (TPSA) is 49.4 Å². The molecule has 2 aromatic rings. The van der Waals surface area contributed by atoms with Crippen LogP contribution in [0.1, 0.15) is 30.0 Å². The molecule has 1 saturated heterocycles. The molecule has 0 radical (unpaired) electrons. The average Bonchev–Trinajstić information content (AvgIpc) is 2.86. The highest BCUT2D eigenvalue weighted by molar-refractivity contribution is 6.23. The van der Waals surface area contributed by atoms with Gasteiger partial charge in [-0.25, -0.2) is 4.90 Å². The van der Waals surface area contributed by atoms with Crippen molar-refractivity contribution in [3.05, 3.63) is 59.2 Å². The smallest absolute Gasteiger partial charge is 0.256 e. The fourth-order valence-corrected chi connectivity index (χ4v) is 2.99. The van der Waals surface area contributed by atoms with Crippen molar-refractivity contribution in [2.75, 3.05) is 10.2 Å². The number of rotatable bonds is 4. The molecule has 0 aliphatic carbocycles. The first-order chi connectivity index (χ1) is 11.5. The normalized spacial score (nSPS) is 17.5. The molecule has 1 fully saturated rings. The lowest BCUT2D eigenvalue weighted by atomic mass is 10.1. The second-order valence-corrected chi connectivity index (χ2v) is 6.24. The van der Waals surface area contributed by atoms with Crippen molar-refractivity contribution in [1.82, 2.24) is 0 Å². The van der Waals surface area contributed by atoms with Crippen LogP contribution in [-0.4, -0.2) is 17.9 Å². The van der Waals surface area contributed by atoms with Crippen molar-refractivity contribution in [1.29, 1.82) is 0 Å². The molecule has 2 amide bonds. The molecule has 0 bridgehead atoms. The molecule has 1 heterocycles. The monoisotopic (exact) mass is 322 g/mol. The van der Waals surface area contributed by atoms with E-state index in [1.807, 2.05) is 56.3 Å². The molecule has 24 heavy (non-hydrogen) atoms. The van der Waals surface area contributed by atoms with Gasteiger partial charge in [0.15, 0.2) is 0 Å². The van der Waals surface area contributed by atoms with Crippen molar-refractivity contribution in [2.24, 2.45) is 0 Å². The highest BCUT2D eigenvalue weighted by Crippen LogP contribution is 2.27. The maximum absolute atomic E-state index is 12.7. The molecule has 0 aromatic heterocycles. The number of hydrogen-bond donors (Lipinski definition) is 1. The van der Waals surface area contributed by atoms with E-state index < -0.39 is 6.04 Å². The fourth-order valence-electron chi connectivity index (χ4n) is 2.99. The molecule has 3 rings (SSSR count). The van der Waals surface area contributed by atoms with Crippen molar-refractivity contribution < 1.29 is 9.59 Å². The van der Waals surface area contributed by atoms with Crippen LogP contribution in [-0.2, 0) is 16.0 Å². The quantitative estimate of drug-likeness (QED) is 0.875. The zero-order valence-corrected chi connectivity index (χ0v) is 14.3. The second-order valence-electron chi connectivity index (χ2n) is 6.24. The first kappa shape index (κ1) is 16.2. The van der Waals surface area contributed by atoms with Gasteiger partial charge in [-0.2, -0.15) is 0 Å². The van der Waals surface area contributed by atoms with Gasteiger partial charge in [0.25, 0.3) is 5.91 Å². The third-order valence-corrected chi connectivity index (χ3v) is 4.68. The molecule has 124 valence electrons. The lowest BCUT2D eigenvalue weighted by Gasteiger charge is -2.18. The largest absolute Gasteiger partial charge is 0.373 e. The van der Waals surface area contributed by atoms with Crippen molar-refractivity contribution in [3.8, 4) is 0 Å². The molecular weight excluding hydrogens is 300 g/mol. The Morgan fingerprint density at radius 1 is 1.08 bits per heavy atom. The van der Waals surface area contributed by atoms with E-state index in [4.69, 9.17) is 0 Å². The zero-order valence-electron chi connectivity index (χ0n) is 14.3. The third-order valence-electron chi connectivity index (χ3n) is 4.68. The van der Waals surface area contributed by atoms with Crippen LogP contribution in [0, 0.1) is 13.8 Å². The summed E-state index contributed by atoms with van der Waals surface area (Å²) in [4.78, 5) is 26.4. The highest BCUT2D eigenvalue weighted by Gasteiger charge is 2.39. The summed E-state index contributed by atoms with van der Waals surface area (Å²) in [7, 11) is 0. The van der Waals surface area contributed by atoms with Gasteiger partial charge in [0.05, 0.1) is 12.1 Å². The molecule has 1 aliphatic rings. The number of imide groups is 1. The van der Waals surface area contributed by atoms with E-state index in [1.165, 1.54) is 10.5 Å². The summed E-state index contributed by atoms with van der Waals surface area (Å²) in [5.74, 6) is -0.350. The number of nitrogens with zero attached hydrogens (tertiary/aromatic N) is 1. The third kappa shape index (κ3) is 2.92. The highest BCUT2D eigenvalue weighted by atomic mass is 16.2. The van der Waals surface area contributed by atoms with Gasteiger partial charge in [-0.1, -0.05) is 31.2 Å². The van der Waals surface area contributed by atoms with Gasteiger partial charge in [0.1, 0.15) is 6.04 Å². The second kappa shape index (κ2) is 6.48. The van der Waals surface area contributed by atoms with Gasteiger partial charge >= 0.3 is 0 Å². The summed E-state index contributed by atoms with van der Waals surface area (Å²) in [6, 6.07) is 13.0. The number of carbonyl (C=O) groups is 2. The van der Waals surface area contributed by atoms with Gasteiger partial charge in [0, 0.05) is 5.69 Å². The molecule has 0 spiro atoms. The number of hydrogen-bond acceptors (Lipinski definition) is 3. The summed E-state index contributed by atoms with van der Waals surface area (Å²) in [5.41, 5.74) is 4.99. The number of carbonyl (C=O) groups excluding carboxylic acids is 2. The van der Waals surface area contributed by atoms with Crippen LogP contribution in [0.25, 0.3) is 0 Å². The summed E-state index contributed by atoms with van der Waals surface area (Å²) in [5, 5.41) is 3.24. The summed E-state index contributed by atoms with van der Waals surface area (Å²) in [6.07, 6.45) is 1.11. The van der Waals surface area contributed by atoms with Gasteiger partial charge in [-0.3, -0.25) is 9.59 Å². The minimum Gasteiger partial charge on any atom is -0.373 e. The Balaban J connectivity index is 1.82. The first-order valence-electron chi connectivity index (χ1n) is 8.29. The van der Waals surface area contributed by atoms with E-state index in [2.05, 4.69) is 12.2 Å². The minimum absolute atomic E-state index is 0.160. The Hall–Kier alpha value is -2.62. The van der Waals surface area contributed by atoms with Crippen molar-refractivity contribution in [2.45, 2.75) is 39.7 Å². The molecule has 0 saturated carbocycles. The number of nitrogens with one attached hydrogen (secondary N) is 1. The fraction of sp³-hybridized carbons (Fsp3) is 0.300. The molecule has 4 heteroatoms. The number of anilines is 2. The molecule has 4 nitrogen and oxygen atoms in total. The van der Waals surface area contributed by atoms with Crippen LogP contribution in [0.3, 0.4) is 0 Å². The van der Waals surface area contributed by atoms with Gasteiger partial charge in [-0.15, -0.1) is 0 Å². The summed E-state index contributed by atoms with van der Waals surface area (Å²) >= 11 is 0. The standard InChI is InChI=1S/C20H22N2O2/c1-4-15-8-10-16(11-9-15)22-19(23)12-18(20(22)24)21-17-7-5-6-13(2)14(17)3/h5-11,18,21H,4,12H2,1-3H3/t18-/m0/s1. The van der Waals surface area contributed by atoms with Crippen LogP contribution in [0.2, 0.25) is 0 Å². The Bertz CT molecular complexity index is 781. The van der Waals surface area contributed by atoms with Crippen LogP contribution < -0.4 is 10.2 Å². The minimum atomic E-state index is -0.510. The average molecular weight is 322 g/mol. The van der Waals surface area contributed by atoms with Crippen LogP contribution in [0.15, 0.2) is 42.5 Å². The number of aryl methyl sites for hydroxylation is 2. The molecular formula is C20H22N2O2. The molecule has 2 aromatic carbocycles. The Morgan fingerprint density at radius 2 is 1.79 bits per heavy atom. The van der Waals surface area contributed by atoms with E-state index in [-0.39, 0.29) is 18.2 Å². The predicted molar refractivity (Wildman–Crippen MR) is 96.3 cm³/mol.